The molecule has 0 saturated heterocycles. The van der Waals surface area contributed by atoms with E-state index < -0.39 is 5.79 Å². The van der Waals surface area contributed by atoms with E-state index >= 15 is 0 Å². The molecule has 1 aliphatic rings. The Morgan fingerprint density at radius 3 is 3.00 bits per heavy atom. The average molecular weight is 169 g/mol. The Balaban J connectivity index is 2.69. The minimum absolute atomic E-state index is 0.681. The van der Waals surface area contributed by atoms with Crippen molar-refractivity contribution in [3.8, 4) is 0 Å². The van der Waals surface area contributed by atoms with Crippen LogP contribution in [0.5, 0.6) is 0 Å². The molecule has 0 saturated carbocycles. The van der Waals surface area contributed by atoms with Gasteiger partial charge in [0, 0.05) is 13.0 Å². The molecule has 0 aromatic carbocycles. The zero-order valence-electron chi connectivity index (χ0n) is 7.46. The minimum atomic E-state index is -0.681. The molecule has 1 heterocycles. The first-order chi connectivity index (χ1) is 5.70. The van der Waals surface area contributed by atoms with Crippen molar-refractivity contribution in [2.24, 2.45) is 15.7 Å². The molecule has 0 bridgehead atoms. The van der Waals surface area contributed by atoms with Crippen LogP contribution in [0.15, 0.2) is 9.98 Å². The number of nitrogens with one attached hydrogen (secondary N) is 2. The fourth-order valence-corrected chi connectivity index (χ4v) is 0.905. The molecule has 0 aromatic heterocycles. The molecule has 0 fully saturated rings. The monoisotopic (exact) mass is 169 g/mol. The van der Waals surface area contributed by atoms with Gasteiger partial charge in [-0.3, -0.25) is 10.7 Å². The van der Waals surface area contributed by atoms with Crippen LogP contribution in [-0.2, 0) is 0 Å². The van der Waals surface area contributed by atoms with E-state index in [1.165, 1.54) is 0 Å². The highest BCUT2D eigenvalue weighted by atomic mass is 15.4. The fraction of sp³-hybridized carbons (Fsp3) is 0.714. The van der Waals surface area contributed by atoms with Crippen LogP contribution in [0, 0.1) is 0 Å². The van der Waals surface area contributed by atoms with Crippen molar-refractivity contribution >= 4 is 12.3 Å². The first-order valence-corrected chi connectivity index (χ1v) is 4.12. The van der Waals surface area contributed by atoms with Crippen molar-refractivity contribution in [3.05, 3.63) is 0 Å². The first kappa shape index (κ1) is 8.99. The quantitative estimate of drug-likeness (QED) is 0.527. The lowest BCUT2D eigenvalue weighted by Gasteiger charge is -2.29. The van der Waals surface area contributed by atoms with E-state index in [2.05, 4.69) is 20.6 Å². The number of nitrogens with zero attached hydrogens (tertiary/aromatic N) is 2. The van der Waals surface area contributed by atoms with Gasteiger partial charge in [-0.1, -0.05) is 6.92 Å². The predicted molar refractivity (Wildman–Crippen MR) is 49.9 cm³/mol. The van der Waals surface area contributed by atoms with Gasteiger partial charge in [-0.25, -0.2) is 4.99 Å². The van der Waals surface area contributed by atoms with Gasteiger partial charge >= 0.3 is 0 Å². The van der Waals surface area contributed by atoms with Crippen LogP contribution in [0.2, 0.25) is 0 Å². The Labute approximate surface area is 72.2 Å². The third-order valence-electron chi connectivity index (χ3n) is 1.69. The van der Waals surface area contributed by atoms with Crippen LogP contribution in [-0.4, -0.2) is 24.6 Å². The third-order valence-corrected chi connectivity index (χ3v) is 1.69. The highest BCUT2D eigenvalue weighted by Gasteiger charge is 2.24. The van der Waals surface area contributed by atoms with Crippen LogP contribution in [0.3, 0.4) is 0 Å². The van der Waals surface area contributed by atoms with Crippen molar-refractivity contribution in [2.75, 3.05) is 6.54 Å². The number of rotatable bonds is 2. The van der Waals surface area contributed by atoms with Crippen LogP contribution in [0.4, 0.5) is 0 Å². The number of hydrogen-bond donors (Lipinski definition) is 3. The van der Waals surface area contributed by atoms with Gasteiger partial charge in [-0.2, -0.15) is 0 Å². The zero-order chi connectivity index (χ0) is 9.03. The second kappa shape index (κ2) is 3.53. The van der Waals surface area contributed by atoms with Gasteiger partial charge in [0.25, 0.3) is 0 Å². The molecule has 0 radical (unpaired) electrons. The summed E-state index contributed by atoms with van der Waals surface area (Å²) in [4.78, 5) is 8.21. The average Bonchev–Trinajstić information content (AvgIpc) is 2.05. The summed E-state index contributed by atoms with van der Waals surface area (Å²) in [5.74, 6) is 0.0102. The van der Waals surface area contributed by atoms with E-state index in [4.69, 9.17) is 5.73 Å². The molecule has 0 aromatic rings. The lowest BCUT2D eigenvalue weighted by atomic mass is 10.3. The smallest absolute Gasteiger partial charge is 0.199 e. The maximum absolute atomic E-state index is 5.85. The summed E-state index contributed by atoms with van der Waals surface area (Å²) in [6.45, 7) is 4.66. The van der Waals surface area contributed by atoms with Crippen molar-refractivity contribution < 1.29 is 0 Å². The molecule has 12 heavy (non-hydrogen) atoms. The molecule has 0 aliphatic carbocycles. The largest absolute Gasteiger partial charge is 0.320 e. The summed E-state index contributed by atoms with van der Waals surface area (Å²) < 4.78 is 0. The van der Waals surface area contributed by atoms with Crippen molar-refractivity contribution in [1.29, 1.82) is 0 Å². The van der Waals surface area contributed by atoms with E-state index in [0.717, 1.165) is 13.0 Å². The van der Waals surface area contributed by atoms with Gasteiger partial charge < -0.3 is 10.6 Å². The zero-order valence-corrected chi connectivity index (χ0v) is 7.46. The second-order valence-electron chi connectivity index (χ2n) is 2.63. The Kier molecular flexibility index (Phi) is 2.65. The third kappa shape index (κ3) is 1.94. The molecule has 68 valence electrons. The van der Waals surface area contributed by atoms with Crippen molar-refractivity contribution in [3.63, 3.8) is 0 Å². The number of guanidine groups is 1. The lowest BCUT2D eigenvalue weighted by molar-refractivity contribution is 0.389. The van der Waals surface area contributed by atoms with Crippen LogP contribution in [0.25, 0.3) is 0 Å². The topological polar surface area (TPSA) is 74.8 Å². The van der Waals surface area contributed by atoms with E-state index in [-0.39, 0.29) is 0 Å². The Morgan fingerprint density at radius 2 is 2.42 bits per heavy atom. The molecule has 0 spiro atoms. The highest BCUT2D eigenvalue weighted by molar-refractivity contribution is 5.92. The highest BCUT2D eigenvalue weighted by Crippen LogP contribution is 2.04. The van der Waals surface area contributed by atoms with E-state index in [1.54, 1.807) is 6.34 Å². The van der Waals surface area contributed by atoms with Crippen LogP contribution < -0.4 is 16.4 Å². The van der Waals surface area contributed by atoms with Gasteiger partial charge in [0.15, 0.2) is 11.7 Å². The normalized spacial score (nSPS) is 31.4. The SMILES string of the molecule is CCN=C1NC=NC(N)(CC)N1. The first-order valence-electron chi connectivity index (χ1n) is 4.12. The minimum Gasteiger partial charge on any atom is -0.320 e. The molecular formula is C7H15N5. The summed E-state index contributed by atoms with van der Waals surface area (Å²) in [7, 11) is 0. The van der Waals surface area contributed by atoms with Gasteiger partial charge in [0.1, 0.15) is 0 Å². The van der Waals surface area contributed by atoms with Gasteiger partial charge in [0.2, 0.25) is 0 Å². The van der Waals surface area contributed by atoms with Crippen molar-refractivity contribution in [2.45, 2.75) is 26.1 Å². The molecule has 0 amide bonds. The maximum Gasteiger partial charge on any atom is 0.199 e. The number of nitrogens with two attached hydrogens (primary N) is 1. The summed E-state index contributed by atoms with van der Waals surface area (Å²) in [6, 6.07) is 0. The molecule has 1 atom stereocenters. The van der Waals surface area contributed by atoms with Gasteiger partial charge in [0.05, 0.1) is 6.34 Å². The molecular weight excluding hydrogens is 154 g/mol. The number of aliphatic imine (C=N–C) groups is 2. The molecule has 5 nitrogen and oxygen atoms in total. The van der Waals surface area contributed by atoms with E-state index in [9.17, 15) is 0 Å². The van der Waals surface area contributed by atoms with E-state index in [0.29, 0.717) is 5.96 Å². The number of hydrogen-bond acceptors (Lipinski definition) is 3. The summed E-state index contributed by atoms with van der Waals surface area (Å²) in [6.07, 6.45) is 2.31. The van der Waals surface area contributed by atoms with Crippen molar-refractivity contribution in [1.82, 2.24) is 10.6 Å². The molecule has 1 aliphatic heterocycles. The summed E-state index contributed by atoms with van der Waals surface area (Å²) >= 11 is 0. The van der Waals surface area contributed by atoms with Crippen LogP contribution in [0.1, 0.15) is 20.3 Å². The second-order valence-corrected chi connectivity index (χ2v) is 2.63. The molecule has 1 rings (SSSR count). The summed E-state index contributed by atoms with van der Waals surface area (Å²) in [5.41, 5.74) is 5.85. The lowest BCUT2D eigenvalue weighted by Crippen LogP contribution is -2.60. The molecule has 4 N–H and O–H groups in total. The maximum atomic E-state index is 5.85. The summed E-state index contributed by atoms with van der Waals surface area (Å²) in [5, 5.41) is 5.88. The van der Waals surface area contributed by atoms with Gasteiger partial charge in [-0.05, 0) is 6.92 Å². The van der Waals surface area contributed by atoms with Gasteiger partial charge in [-0.15, -0.1) is 0 Å². The Bertz CT molecular complexity index is 210. The van der Waals surface area contributed by atoms with E-state index in [1.807, 2.05) is 13.8 Å². The Hall–Kier alpha value is -1.10. The fourth-order valence-electron chi connectivity index (χ4n) is 0.905. The predicted octanol–water partition coefficient (Wildman–Crippen LogP) is -0.394. The molecule has 5 heteroatoms. The van der Waals surface area contributed by atoms with Crippen LogP contribution >= 0.6 is 0 Å². The standard InChI is InChI=1S/C7H15N5/c1-3-7(8)11-5-10-6(12-7)9-4-2/h5H,3-4,8H2,1-2H3,(H2,9,10,11,12). The molecule has 1 unspecified atom stereocenters. The Morgan fingerprint density at radius 1 is 1.67 bits per heavy atom.